The van der Waals surface area contributed by atoms with Crippen LogP contribution in [0.2, 0.25) is 0 Å². The van der Waals surface area contributed by atoms with Gasteiger partial charge in [-0.05, 0) is 86.1 Å². The molecule has 2 aromatic rings. The van der Waals surface area contributed by atoms with E-state index in [1.807, 2.05) is 22.9 Å². The molecule has 6 rings (SSSR count). The molecule has 1 heterocycles. The second kappa shape index (κ2) is 7.40. The zero-order chi connectivity index (χ0) is 20.0. The number of benzene rings is 1. The molecule has 5 nitrogen and oxygen atoms in total. The lowest BCUT2D eigenvalue weighted by Gasteiger charge is -2.55. The Labute approximate surface area is 175 Å². The summed E-state index contributed by atoms with van der Waals surface area (Å²) in [7, 11) is 1.69. The second-order valence-corrected chi connectivity index (χ2v) is 10.2. The molecule has 6 heteroatoms. The van der Waals surface area contributed by atoms with Crippen LogP contribution >= 0.6 is 11.3 Å². The normalized spacial score (nSPS) is 30.8. The van der Waals surface area contributed by atoms with Gasteiger partial charge in [0.05, 0.1) is 16.9 Å². The van der Waals surface area contributed by atoms with Gasteiger partial charge in [-0.3, -0.25) is 4.79 Å². The van der Waals surface area contributed by atoms with Gasteiger partial charge in [0.15, 0.2) is 4.80 Å². The molecule has 4 bridgehead atoms. The third-order valence-electron chi connectivity index (χ3n) is 7.10. The first-order chi connectivity index (χ1) is 14.0. The number of aromatic nitrogens is 1. The summed E-state index contributed by atoms with van der Waals surface area (Å²) in [6.07, 6.45) is 9.13. The first kappa shape index (κ1) is 19.1. The highest BCUT2D eigenvalue weighted by Gasteiger charge is 2.54. The van der Waals surface area contributed by atoms with E-state index < -0.39 is 0 Å². The molecule has 0 aliphatic heterocycles. The Bertz CT molecular complexity index is 937. The number of amides is 1. The third-order valence-corrected chi connectivity index (χ3v) is 8.17. The van der Waals surface area contributed by atoms with E-state index in [4.69, 9.17) is 9.73 Å². The number of ether oxygens (including phenoxy) is 1. The highest BCUT2D eigenvalue weighted by Crippen LogP contribution is 2.60. The Morgan fingerprint density at radius 1 is 1.17 bits per heavy atom. The molecule has 1 amide bonds. The lowest BCUT2D eigenvalue weighted by atomic mass is 9.49. The van der Waals surface area contributed by atoms with Crippen LogP contribution in [-0.2, 0) is 16.1 Å². The molecule has 154 valence electrons. The summed E-state index contributed by atoms with van der Waals surface area (Å²) < 4.78 is 7.30. The van der Waals surface area contributed by atoms with E-state index >= 15 is 0 Å². The average molecular weight is 413 g/mol. The molecule has 1 aromatic carbocycles. The van der Waals surface area contributed by atoms with Gasteiger partial charge in [-0.15, -0.1) is 0 Å². The zero-order valence-electron chi connectivity index (χ0n) is 16.8. The summed E-state index contributed by atoms with van der Waals surface area (Å²) in [6.45, 7) is 1.24. The monoisotopic (exact) mass is 412 g/mol. The van der Waals surface area contributed by atoms with Crippen molar-refractivity contribution in [3.05, 3.63) is 35.3 Å². The number of phenols is 1. The lowest BCUT2D eigenvalue weighted by Crippen LogP contribution is -2.49. The summed E-state index contributed by atoms with van der Waals surface area (Å²) in [5.41, 5.74) is 0.805. The van der Waals surface area contributed by atoms with Gasteiger partial charge < -0.3 is 14.4 Å². The Kier molecular flexibility index (Phi) is 4.87. The number of hydrogen-bond acceptors (Lipinski definition) is 4. The maximum Gasteiger partial charge on any atom is 0.254 e. The Balaban J connectivity index is 1.49. The largest absolute Gasteiger partial charge is 0.508 e. The van der Waals surface area contributed by atoms with Crippen LogP contribution in [0.15, 0.2) is 35.5 Å². The Hall–Kier alpha value is -1.92. The predicted octanol–water partition coefficient (Wildman–Crippen LogP) is 4.21. The zero-order valence-corrected chi connectivity index (χ0v) is 17.7. The van der Waals surface area contributed by atoms with E-state index in [9.17, 15) is 9.90 Å². The van der Waals surface area contributed by atoms with E-state index in [-0.39, 0.29) is 17.1 Å². The van der Waals surface area contributed by atoms with Crippen molar-refractivity contribution in [1.82, 2.24) is 4.57 Å². The highest BCUT2D eigenvalue weighted by molar-refractivity contribution is 7.12. The van der Waals surface area contributed by atoms with E-state index in [2.05, 4.69) is 0 Å². The van der Waals surface area contributed by atoms with Crippen molar-refractivity contribution in [2.75, 3.05) is 13.7 Å². The van der Waals surface area contributed by atoms with Crippen molar-refractivity contribution in [2.45, 2.75) is 45.1 Å². The summed E-state index contributed by atoms with van der Waals surface area (Å²) in [5.74, 6) is 2.55. The number of carbonyl (C=O) groups excluding carboxylic acids is 1. The van der Waals surface area contributed by atoms with Gasteiger partial charge in [0.1, 0.15) is 5.75 Å². The van der Waals surface area contributed by atoms with Crippen molar-refractivity contribution in [3.63, 3.8) is 0 Å². The average Bonchev–Trinajstić information content (AvgIpc) is 3.08. The fourth-order valence-corrected chi connectivity index (χ4v) is 7.17. The van der Waals surface area contributed by atoms with Crippen molar-refractivity contribution >= 4 is 17.2 Å². The molecule has 0 saturated heterocycles. The molecular formula is C23H28N2O3S. The molecule has 4 fully saturated rings. The van der Waals surface area contributed by atoms with Crippen LogP contribution in [-0.4, -0.2) is 29.3 Å². The number of aromatic hydroxyl groups is 1. The highest BCUT2D eigenvalue weighted by atomic mass is 32.1. The SMILES string of the molecule is COCCn1cc(-c2ccc(O)cc2)sc1=NC(=O)C12CC3CC(CC(C3)C1)C2. The summed E-state index contributed by atoms with van der Waals surface area (Å²) in [4.78, 5) is 19.9. The molecule has 1 N–H and O–H groups in total. The van der Waals surface area contributed by atoms with Gasteiger partial charge in [-0.2, -0.15) is 4.99 Å². The maximum absolute atomic E-state index is 13.4. The van der Waals surface area contributed by atoms with Crippen LogP contribution in [0.1, 0.15) is 38.5 Å². The van der Waals surface area contributed by atoms with Gasteiger partial charge in [0, 0.05) is 19.9 Å². The number of hydrogen-bond donors (Lipinski definition) is 1. The maximum atomic E-state index is 13.4. The first-order valence-electron chi connectivity index (χ1n) is 10.6. The number of methoxy groups -OCH3 is 1. The van der Waals surface area contributed by atoms with E-state index in [1.165, 1.54) is 30.6 Å². The minimum Gasteiger partial charge on any atom is -0.508 e. The number of phenolic OH excluding ortho intramolecular Hbond substituents is 1. The van der Waals surface area contributed by atoms with Crippen LogP contribution in [0.5, 0.6) is 5.75 Å². The Morgan fingerprint density at radius 3 is 2.38 bits per heavy atom. The topological polar surface area (TPSA) is 63.8 Å². The molecular weight excluding hydrogens is 384 g/mol. The smallest absolute Gasteiger partial charge is 0.254 e. The molecule has 4 saturated carbocycles. The van der Waals surface area contributed by atoms with Crippen LogP contribution in [0.25, 0.3) is 10.4 Å². The molecule has 0 atom stereocenters. The van der Waals surface area contributed by atoms with E-state index in [1.54, 1.807) is 19.2 Å². The van der Waals surface area contributed by atoms with Crippen LogP contribution in [0, 0.1) is 23.2 Å². The van der Waals surface area contributed by atoms with Gasteiger partial charge in [0.25, 0.3) is 5.91 Å². The van der Waals surface area contributed by atoms with Crippen molar-refractivity contribution in [2.24, 2.45) is 28.2 Å². The quantitative estimate of drug-likeness (QED) is 0.800. The minimum absolute atomic E-state index is 0.0990. The fourth-order valence-electron chi connectivity index (χ4n) is 6.15. The molecule has 29 heavy (non-hydrogen) atoms. The van der Waals surface area contributed by atoms with E-state index in [0.29, 0.717) is 13.2 Å². The van der Waals surface area contributed by atoms with Crippen molar-refractivity contribution < 1.29 is 14.6 Å². The number of nitrogens with zero attached hydrogens (tertiary/aromatic N) is 2. The molecule has 4 aliphatic rings. The van der Waals surface area contributed by atoms with Crippen LogP contribution in [0.4, 0.5) is 0 Å². The number of carbonyl (C=O) groups is 1. The predicted molar refractivity (Wildman–Crippen MR) is 112 cm³/mol. The standard InChI is InChI=1S/C23H28N2O3S/c1-28-7-6-25-14-20(18-2-4-19(26)5-3-18)29-22(25)24-21(27)23-11-15-8-16(12-23)10-17(9-15)13-23/h2-5,14-17,26H,6-13H2,1H3. The van der Waals surface area contributed by atoms with Gasteiger partial charge in [0.2, 0.25) is 0 Å². The van der Waals surface area contributed by atoms with Gasteiger partial charge >= 0.3 is 0 Å². The summed E-state index contributed by atoms with van der Waals surface area (Å²) in [6, 6.07) is 7.16. The minimum atomic E-state index is -0.212. The fraction of sp³-hybridized carbons (Fsp3) is 0.565. The van der Waals surface area contributed by atoms with Crippen LogP contribution in [0.3, 0.4) is 0 Å². The first-order valence-corrected chi connectivity index (χ1v) is 11.4. The molecule has 0 unspecified atom stereocenters. The molecule has 4 aliphatic carbocycles. The molecule has 1 aromatic heterocycles. The van der Waals surface area contributed by atoms with Gasteiger partial charge in [-0.1, -0.05) is 11.3 Å². The van der Waals surface area contributed by atoms with Crippen molar-refractivity contribution in [1.29, 1.82) is 0 Å². The summed E-state index contributed by atoms with van der Waals surface area (Å²) >= 11 is 1.54. The van der Waals surface area contributed by atoms with E-state index in [0.717, 1.165) is 52.3 Å². The van der Waals surface area contributed by atoms with Crippen LogP contribution < -0.4 is 4.80 Å². The Morgan fingerprint density at radius 2 is 1.79 bits per heavy atom. The van der Waals surface area contributed by atoms with Crippen molar-refractivity contribution in [3.8, 4) is 16.2 Å². The third kappa shape index (κ3) is 3.57. The second-order valence-electron chi connectivity index (χ2n) is 9.23. The molecule has 0 spiro atoms. The lowest BCUT2D eigenvalue weighted by molar-refractivity contribution is -0.142. The molecule has 0 radical (unpaired) electrons. The van der Waals surface area contributed by atoms with Gasteiger partial charge in [-0.25, -0.2) is 0 Å². The number of rotatable bonds is 5. The number of thiazole rings is 1. The summed E-state index contributed by atoms with van der Waals surface area (Å²) in [5, 5.41) is 9.57.